The Hall–Kier alpha value is -2.73. The van der Waals surface area contributed by atoms with E-state index < -0.39 is 0 Å². The molecule has 0 spiro atoms. The summed E-state index contributed by atoms with van der Waals surface area (Å²) in [4.78, 5) is 19.7. The van der Waals surface area contributed by atoms with Crippen LogP contribution >= 0.6 is 35.0 Å². The minimum absolute atomic E-state index is 0.149. The van der Waals surface area contributed by atoms with Gasteiger partial charge in [-0.05, 0) is 55.1 Å². The first-order chi connectivity index (χ1) is 15.0. The highest BCUT2D eigenvalue weighted by atomic mass is 35.5. The standard InChI is InChI=1S/C24H18Cl2N2O2S/c1-3-13-28-23(29)21(31-24(28)27-16-9-7-15(2)8-10-16)14-17-11-12-20(30-17)22-18(25)5-4-6-19(22)26/h3-12,14H,1,13H2,2H3. The molecule has 31 heavy (non-hydrogen) atoms. The van der Waals surface area contributed by atoms with E-state index in [1.165, 1.54) is 11.8 Å². The topological polar surface area (TPSA) is 45.8 Å². The van der Waals surface area contributed by atoms with Gasteiger partial charge in [-0.1, -0.05) is 53.0 Å². The van der Waals surface area contributed by atoms with E-state index in [1.54, 1.807) is 47.4 Å². The molecule has 0 saturated carbocycles. The van der Waals surface area contributed by atoms with Crippen LogP contribution in [0.25, 0.3) is 17.4 Å². The maximum absolute atomic E-state index is 13.0. The molecule has 2 heterocycles. The van der Waals surface area contributed by atoms with Gasteiger partial charge in [0.2, 0.25) is 0 Å². The van der Waals surface area contributed by atoms with Crippen LogP contribution < -0.4 is 0 Å². The van der Waals surface area contributed by atoms with Crippen LogP contribution in [0.3, 0.4) is 0 Å². The summed E-state index contributed by atoms with van der Waals surface area (Å²) in [7, 11) is 0. The summed E-state index contributed by atoms with van der Waals surface area (Å²) in [5.41, 5.74) is 2.55. The van der Waals surface area contributed by atoms with Crippen LogP contribution in [0, 0.1) is 6.92 Å². The van der Waals surface area contributed by atoms with E-state index >= 15 is 0 Å². The summed E-state index contributed by atoms with van der Waals surface area (Å²) >= 11 is 13.9. The molecular formula is C24H18Cl2N2O2S. The monoisotopic (exact) mass is 468 g/mol. The largest absolute Gasteiger partial charge is 0.457 e. The van der Waals surface area contributed by atoms with Gasteiger partial charge in [0, 0.05) is 12.6 Å². The van der Waals surface area contributed by atoms with E-state index in [0.717, 1.165) is 11.3 Å². The van der Waals surface area contributed by atoms with Crippen LogP contribution in [-0.4, -0.2) is 22.5 Å². The number of nitrogens with zero attached hydrogens (tertiary/aromatic N) is 2. The van der Waals surface area contributed by atoms with E-state index in [4.69, 9.17) is 27.6 Å². The molecule has 1 amide bonds. The maximum Gasteiger partial charge on any atom is 0.267 e. The van der Waals surface area contributed by atoms with Crippen molar-refractivity contribution in [2.75, 3.05) is 6.54 Å². The van der Waals surface area contributed by atoms with E-state index in [2.05, 4.69) is 11.6 Å². The molecule has 4 rings (SSSR count). The Balaban J connectivity index is 1.65. The fourth-order valence-corrected chi connectivity index (χ4v) is 4.61. The summed E-state index contributed by atoms with van der Waals surface area (Å²) in [5, 5.41) is 1.59. The van der Waals surface area contributed by atoms with Crippen LogP contribution in [0.1, 0.15) is 11.3 Å². The van der Waals surface area contributed by atoms with Gasteiger partial charge in [-0.3, -0.25) is 9.69 Å². The Morgan fingerprint density at radius 1 is 1.10 bits per heavy atom. The minimum atomic E-state index is -0.149. The fourth-order valence-electron chi connectivity index (χ4n) is 3.04. The second kappa shape index (κ2) is 9.18. The number of furan rings is 1. The first kappa shape index (κ1) is 21.5. The molecule has 1 aromatic heterocycles. The number of rotatable bonds is 5. The number of halogens is 2. The third-order valence-corrected chi connectivity index (χ3v) is 6.20. The zero-order valence-corrected chi connectivity index (χ0v) is 19.0. The van der Waals surface area contributed by atoms with Gasteiger partial charge in [0.1, 0.15) is 11.5 Å². The minimum Gasteiger partial charge on any atom is -0.457 e. The highest BCUT2D eigenvalue weighted by Crippen LogP contribution is 2.38. The number of carbonyl (C=O) groups is 1. The van der Waals surface area contributed by atoms with Crippen molar-refractivity contribution >= 4 is 57.8 Å². The second-order valence-electron chi connectivity index (χ2n) is 6.84. The van der Waals surface area contributed by atoms with Crippen LogP contribution in [0.15, 0.2) is 81.6 Å². The van der Waals surface area contributed by atoms with Crippen molar-refractivity contribution < 1.29 is 9.21 Å². The molecular weight excluding hydrogens is 451 g/mol. The Labute approximate surface area is 194 Å². The summed E-state index contributed by atoms with van der Waals surface area (Å²) in [5.74, 6) is 0.913. The molecule has 3 aromatic rings. The summed E-state index contributed by atoms with van der Waals surface area (Å²) in [6.07, 6.45) is 3.38. The van der Waals surface area contributed by atoms with Gasteiger partial charge >= 0.3 is 0 Å². The van der Waals surface area contributed by atoms with Crippen molar-refractivity contribution in [3.05, 3.63) is 93.5 Å². The molecule has 156 valence electrons. The molecule has 1 fully saturated rings. The predicted octanol–water partition coefficient (Wildman–Crippen LogP) is 7.35. The number of hydrogen-bond acceptors (Lipinski definition) is 4. The quantitative estimate of drug-likeness (QED) is 0.290. The molecule has 4 nitrogen and oxygen atoms in total. The highest BCUT2D eigenvalue weighted by Gasteiger charge is 2.33. The van der Waals surface area contributed by atoms with Gasteiger partial charge in [-0.15, -0.1) is 6.58 Å². The van der Waals surface area contributed by atoms with Crippen molar-refractivity contribution in [2.45, 2.75) is 6.92 Å². The third kappa shape index (κ3) is 4.64. The molecule has 0 atom stereocenters. The van der Waals surface area contributed by atoms with Crippen LogP contribution in [0.4, 0.5) is 5.69 Å². The molecule has 1 saturated heterocycles. The smallest absolute Gasteiger partial charge is 0.267 e. The van der Waals surface area contributed by atoms with Crippen molar-refractivity contribution in [1.82, 2.24) is 4.90 Å². The molecule has 0 unspecified atom stereocenters. The van der Waals surface area contributed by atoms with Crippen molar-refractivity contribution in [1.29, 1.82) is 0 Å². The first-order valence-electron chi connectivity index (χ1n) is 9.48. The number of aliphatic imine (C=N–C) groups is 1. The molecule has 0 N–H and O–H groups in total. The van der Waals surface area contributed by atoms with E-state index in [1.807, 2.05) is 31.2 Å². The van der Waals surface area contributed by atoms with Crippen LogP contribution in [0.5, 0.6) is 0 Å². The number of amides is 1. The average molecular weight is 469 g/mol. The van der Waals surface area contributed by atoms with Gasteiger partial charge in [-0.2, -0.15) is 0 Å². The average Bonchev–Trinajstić information content (AvgIpc) is 3.30. The summed E-state index contributed by atoms with van der Waals surface area (Å²) < 4.78 is 5.91. The zero-order chi connectivity index (χ0) is 22.0. The number of thioether (sulfide) groups is 1. The zero-order valence-electron chi connectivity index (χ0n) is 16.6. The number of aryl methyl sites for hydroxylation is 1. The molecule has 1 aliphatic heterocycles. The van der Waals surface area contributed by atoms with Crippen LogP contribution in [-0.2, 0) is 4.79 Å². The maximum atomic E-state index is 13.0. The number of benzene rings is 2. The molecule has 0 aliphatic carbocycles. The lowest BCUT2D eigenvalue weighted by molar-refractivity contribution is -0.121. The number of hydrogen-bond donors (Lipinski definition) is 0. The van der Waals surface area contributed by atoms with Gasteiger partial charge in [0.25, 0.3) is 5.91 Å². The summed E-state index contributed by atoms with van der Waals surface area (Å²) in [6.45, 7) is 6.14. The Morgan fingerprint density at radius 3 is 2.48 bits per heavy atom. The van der Waals surface area contributed by atoms with E-state index in [9.17, 15) is 4.79 Å². The molecule has 2 aromatic carbocycles. The SMILES string of the molecule is C=CCN1C(=O)C(=Cc2ccc(-c3c(Cl)cccc3Cl)o2)SC1=Nc1ccc(C)cc1. The van der Waals surface area contributed by atoms with Crippen molar-refractivity contribution in [3.63, 3.8) is 0 Å². The second-order valence-corrected chi connectivity index (χ2v) is 8.67. The van der Waals surface area contributed by atoms with E-state index in [0.29, 0.717) is 43.7 Å². The molecule has 1 aliphatic rings. The van der Waals surface area contributed by atoms with Gasteiger partial charge in [0.05, 0.1) is 26.2 Å². The third-order valence-electron chi connectivity index (χ3n) is 4.57. The normalized spacial score (nSPS) is 16.5. The summed E-state index contributed by atoms with van der Waals surface area (Å²) in [6, 6.07) is 16.7. The Morgan fingerprint density at radius 2 is 1.81 bits per heavy atom. The lowest BCUT2D eigenvalue weighted by Crippen LogP contribution is -2.29. The van der Waals surface area contributed by atoms with Crippen LogP contribution in [0.2, 0.25) is 10.0 Å². The van der Waals surface area contributed by atoms with Crippen molar-refractivity contribution in [2.24, 2.45) is 4.99 Å². The highest BCUT2D eigenvalue weighted by molar-refractivity contribution is 8.18. The first-order valence-corrected chi connectivity index (χ1v) is 11.1. The Bertz CT molecular complexity index is 1190. The number of amidine groups is 1. The van der Waals surface area contributed by atoms with Gasteiger partial charge < -0.3 is 4.42 Å². The lowest BCUT2D eigenvalue weighted by Gasteiger charge is -2.12. The van der Waals surface area contributed by atoms with E-state index in [-0.39, 0.29) is 5.91 Å². The lowest BCUT2D eigenvalue weighted by atomic mass is 10.2. The molecule has 7 heteroatoms. The molecule has 0 radical (unpaired) electrons. The Kier molecular flexibility index (Phi) is 6.37. The number of carbonyl (C=O) groups excluding carboxylic acids is 1. The van der Waals surface area contributed by atoms with Gasteiger partial charge in [0.15, 0.2) is 5.17 Å². The van der Waals surface area contributed by atoms with Gasteiger partial charge in [-0.25, -0.2) is 4.99 Å². The van der Waals surface area contributed by atoms with Crippen molar-refractivity contribution in [3.8, 4) is 11.3 Å². The predicted molar refractivity (Wildman–Crippen MR) is 130 cm³/mol. The molecule has 0 bridgehead atoms. The fraction of sp³-hybridized carbons (Fsp3) is 0.0833.